The highest BCUT2D eigenvalue weighted by Gasteiger charge is 2.15. The third-order valence-electron chi connectivity index (χ3n) is 2.66. The van der Waals surface area contributed by atoms with Crippen molar-refractivity contribution in [1.82, 2.24) is 0 Å². The van der Waals surface area contributed by atoms with Gasteiger partial charge in [-0.3, -0.25) is 4.79 Å². The first kappa shape index (κ1) is 11.9. The van der Waals surface area contributed by atoms with E-state index in [1.807, 2.05) is 13.0 Å². The lowest BCUT2D eigenvalue weighted by Crippen LogP contribution is -2.13. The molecule has 0 unspecified atom stereocenters. The van der Waals surface area contributed by atoms with Gasteiger partial charge in [0, 0.05) is 11.3 Å². The second-order valence-corrected chi connectivity index (χ2v) is 3.99. The van der Waals surface area contributed by atoms with Crippen LogP contribution in [0.1, 0.15) is 27.2 Å². The summed E-state index contributed by atoms with van der Waals surface area (Å²) in [6.45, 7) is 3.57. The topological polar surface area (TPSA) is 66.0 Å². The molecule has 2 aromatic rings. The average molecular weight is 240 g/mol. The van der Waals surface area contributed by atoms with Crippen LogP contribution in [-0.2, 0) is 0 Å². The zero-order valence-corrected chi connectivity index (χ0v) is 10.2. The molecule has 0 aliphatic rings. The van der Waals surface area contributed by atoms with E-state index in [0.717, 1.165) is 5.56 Å². The second kappa shape index (κ2) is 4.76. The summed E-state index contributed by atoms with van der Waals surface area (Å²) in [5.41, 5.74) is 2.57. The summed E-state index contributed by atoms with van der Waals surface area (Å²) >= 11 is 0. The predicted octanol–water partition coefficient (Wildman–Crippen LogP) is 3.02. The van der Waals surface area contributed by atoms with Crippen LogP contribution < -0.4 is 5.32 Å². The van der Waals surface area contributed by atoms with Crippen LogP contribution in [0.3, 0.4) is 0 Å². The smallest absolute Gasteiger partial charge is 0.259 e. The van der Waals surface area contributed by atoms with Gasteiger partial charge in [-0.25, -0.2) is 0 Å². The van der Waals surface area contributed by atoms with Crippen LogP contribution in [0.4, 0.5) is 5.69 Å². The summed E-state index contributed by atoms with van der Waals surface area (Å²) in [4.78, 5) is 12.0. The maximum Gasteiger partial charge on any atom is 0.259 e. The molecule has 4 nitrogen and oxygen atoms in total. The van der Waals surface area contributed by atoms with Crippen LogP contribution in [0.5, 0.6) is 0 Å². The zero-order valence-electron chi connectivity index (χ0n) is 10.2. The first-order valence-corrected chi connectivity index (χ1v) is 5.48. The number of hydrogen-bond donors (Lipinski definition) is 1. The highest BCUT2D eigenvalue weighted by Crippen LogP contribution is 2.18. The standard InChI is InChI=1S/C14H12N2O2/c1-9-8-18-10(2)13(9)14(17)16-12-5-3-11(7-15)4-6-12/h3-6,8H,1-2H3,(H,16,17). The number of hydrogen-bond acceptors (Lipinski definition) is 3. The molecule has 90 valence electrons. The van der Waals surface area contributed by atoms with Crippen molar-refractivity contribution in [2.75, 3.05) is 5.32 Å². The van der Waals surface area contributed by atoms with Gasteiger partial charge in [-0.05, 0) is 38.1 Å². The van der Waals surface area contributed by atoms with Crippen LogP contribution >= 0.6 is 0 Å². The maximum absolute atomic E-state index is 12.0. The number of carbonyl (C=O) groups is 1. The van der Waals surface area contributed by atoms with E-state index in [-0.39, 0.29) is 5.91 Å². The molecular formula is C14H12N2O2. The van der Waals surface area contributed by atoms with E-state index in [9.17, 15) is 4.79 Å². The van der Waals surface area contributed by atoms with Gasteiger partial charge in [0.2, 0.25) is 0 Å². The molecule has 0 aliphatic heterocycles. The zero-order chi connectivity index (χ0) is 13.1. The second-order valence-electron chi connectivity index (χ2n) is 3.99. The molecule has 0 saturated carbocycles. The molecule has 2 rings (SSSR count). The molecule has 18 heavy (non-hydrogen) atoms. The number of carbonyl (C=O) groups excluding carboxylic acids is 1. The Balaban J connectivity index is 2.19. The van der Waals surface area contributed by atoms with E-state index in [4.69, 9.17) is 9.68 Å². The molecule has 0 saturated heterocycles. The van der Waals surface area contributed by atoms with Crippen LogP contribution in [0.2, 0.25) is 0 Å². The van der Waals surface area contributed by atoms with Gasteiger partial charge in [0.15, 0.2) is 0 Å². The van der Waals surface area contributed by atoms with Crippen molar-refractivity contribution in [1.29, 1.82) is 5.26 Å². The summed E-state index contributed by atoms with van der Waals surface area (Å²) in [5.74, 6) is 0.391. The lowest BCUT2D eigenvalue weighted by atomic mass is 10.1. The molecule has 0 aliphatic carbocycles. The highest BCUT2D eigenvalue weighted by atomic mass is 16.3. The normalized spacial score (nSPS) is 9.83. The number of benzene rings is 1. The van der Waals surface area contributed by atoms with Crippen LogP contribution in [-0.4, -0.2) is 5.91 Å². The van der Waals surface area contributed by atoms with Gasteiger partial charge >= 0.3 is 0 Å². The first-order chi connectivity index (χ1) is 8.61. The third kappa shape index (κ3) is 2.25. The Bertz CT molecular complexity index is 599. The molecule has 1 aromatic carbocycles. The maximum atomic E-state index is 12.0. The summed E-state index contributed by atoms with van der Waals surface area (Å²) in [6.07, 6.45) is 1.56. The monoisotopic (exact) mass is 240 g/mol. The van der Waals surface area contributed by atoms with Crippen molar-refractivity contribution in [3.63, 3.8) is 0 Å². The highest BCUT2D eigenvalue weighted by molar-refractivity contribution is 6.05. The lowest BCUT2D eigenvalue weighted by molar-refractivity contribution is 0.102. The van der Waals surface area contributed by atoms with Crippen molar-refractivity contribution in [2.45, 2.75) is 13.8 Å². The Labute approximate surface area is 105 Å². The Hall–Kier alpha value is -2.54. The number of nitrogens with zero attached hydrogens (tertiary/aromatic N) is 1. The van der Waals surface area contributed by atoms with Crippen molar-refractivity contribution in [3.05, 3.63) is 53.0 Å². The minimum absolute atomic E-state index is 0.205. The predicted molar refractivity (Wildman–Crippen MR) is 67.3 cm³/mol. The van der Waals surface area contributed by atoms with E-state index in [0.29, 0.717) is 22.6 Å². The number of nitriles is 1. The van der Waals surface area contributed by atoms with Crippen LogP contribution in [0.25, 0.3) is 0 Å². The molecule has 1 amide bonds. The molecule has 1 aromatic heterocycles. The van der Waals surface area contributed by atoms with E-state index in [1.165, 1.54) is 0 Å². The quantitative estimate of drug-likeness (QED) is 0.877. The average Bonchev–Trinajstić information content (AvgIpc) is 2.70. The van der Waals surface area contributed by atoms with E-state index >= 15 is 0 Å². The minimum atomic E-state index is -0.205. The summed E-state index contributed by atoms with van der Waals surface area (Å²) in [6, 6.07) is 8.73. The largest absolute Gasteiger partial charge is 0.469 e. The van der Waals surface area contributed by atoms with Gasteiger partial charge in [0.05, 0.1) is 23.5 Å². The van der Waals surface area contributed by atoms with Gasteiger partial charge in [-0.15, -0.1) is 0 Å². The van der Waals surface area contributed by atoms with Crippen LogP contribution in [0.15, 0.2) is 34.9 Å². The van der Waals surface area contributed by atoms with Gasteiger partial charge < -0.3 is 9.73 Å². The number of rotatable bonds is 2. The van der Waals surface area contributed by atoms with Gasteiger partial charge in [-0.1, -0.05) is 0 Å². The van der Waals surface area contributed by atoms with Gasteiger partial charge in [0.25, 0.3) is 5.91 Å². The molecule has 0 bridgehead atoms. The molecule has 1 heterocycles. The van der Waals surface area contributed by atoms with Crippen LogP contribution in [0, 0.1) is 25.2 Å². The molecule has 0 atom stereocenters. The Morgan fingerprint density at radius 2 is 1.94 bits per heavy atom. The lowest BCUT2D eigenvalue weighted by Gasteiger charge is -2.05. The Kier molecular flexibility index (Phi) is 3.16. The summed E-state index contributed by atoms with van der Waals surface area (Å²) in [7, 11) is 0. The van der Waals surface area contributed by atoms with E-state index in [2.05, 4.69) is 5.32 Å². The molecular weight excluding hydrogens is 228 g/mol. The van der Waals surface area contributed by atoms with Crippen molar-refractivity contribution >= 4 is 11.6 Å². The third-order valence-corrected chi connectivity index (χ3v) is 2.66. The molecule has 1 N–H and O–H groups in total. The van der Waals surface area contributed by atoms with Crippen molar-refractivity contribution < 1.29 is 9.21 Å². The molecule has 0 radical (unpaired) electrons. The fraction of sp³-hybridized carbons (Fsp3) is 0.143. The molecule has 0 fully saturated rings. The van der Waals surface area contributed by atoms with E-state index < -0.39 is 0 Å². The Morgan fingerprint density at radius 3 is 2.44 bits per heavy atom. The van der Waals surface area contributed by atoms with Crippen molar-refractivity contribution in [2.24, 2.45) is 0 Å². The van der Waals surface area contributed by atoms with E-state index in [1.54, 1.807) is 37.5 Å². The summed E-state index contributed by atoms with van der Waals surface area (Å²) in [5, 5.41) is 11.5. The Morgan fingerprint density at radius 1 is 1.28 bits per heavy atom. The SMILES string of the molecule is Cc1coc(C)c1C(=O)Nc1ccc(C#N)cc1. The number of anilines is 1. The first-order valence-electron chi connectivity index (χ1n) is 5.48. The number of nitrogens with one attached hydrogen (secondary N) is 1. The summed E-state index contributed by atoms with van der Waals surface area (Å²) < 4.78 is 5.19. The van der Waals surface area contributed by atoms with Crippen molar-refractivity contribution in [3.8, 4) is 6.07 Å². The number of amides is 1. The molecule has 0 spiro atoms. The molecule has 4 heteroatoms. The van der Waals surface area contributed by atoms with Gasteiger partial charge in [-0.2, -0.15) is 5.26 Å². The fourth-order valence-electron chi connectivity index (χ4n) is 1.73. The fourth-order valence-corrected chi connectivity index (χ4v) is 1.73. The number of furan rings is 1. The number of aryl methyl sites for hydroxylation is 2. The minimum Gasteiger partial charge on any atom is -0.469 e. The van der Waals surface area contributed by atoms with Gasteiger partial charge in [0.1, 0.15) is 5.76 Å².